The van der Waals surface area contributed by atoms with Gasteiger partial charge >= 0.3 is 0 Å². The Morgan fingerprint density at radius 1 is 1.20 bits per heavy atom. The van der Waals surface area contributed by atoms with Crippen molar-refractivity contribution in [3.63, 3.8) is 0 Å². The minimum Gasteiger partial charge on any atom is -0.454 e. The van der Waals surface area contributed by atoms with Gasteiger partial charge in [-0.3, -0.25) is 9.89 Å². The highest BCUT2D eigenvalue weighted by Crippen LogP contribution is 2.34. The number of fused-ring (bicyclic) bond motifs is 1. The van der Waals surface area contributed by atoms with E-state index in [4.69, 9.17) is 19.2 Å². The van der Waals surface area contributed by atoms with Crippen LogP contribution >= 0.6 is 35.7 Å². The minimum absolute atomic E-state index is 0. The lowest BCUT2D eigenvalue weighted by Gasteiger charge is -2.42. The molecule has 0 radical (unpaired) electrons. The number of morpholine rings is 1. The number of thioether (sulfide) groups is 1. The molecule has 4 rings (SSSR count). The van der Waals surface area contributed by atoms with Crippen LogP contribution in [-0.4, -0.2) is 80.6 Å². The van der Waals surface area contributed by atoms with Gasteiger partial charge in [0, 0.05) is 31.9 Å². The van der Waals surface area contributed by atoms with Crippen LogP contribution in [0.2, 0.25) is 0 Å². The second-order valence-electron chi connectivity index (χ2n) is 7.69. The van der Waals surface area contributed by atoms with Gasteiger partial charge in [0.25, 0.3) is 0 Å². The van der Waals surface area contributed by atoms with Crippen LogP contribution < -0.4 is 20.1 Å². The van der Waals surface area contributed by atoms with E-state index in [-0.39, 0.29) is 29.5 Å². The summed E-state index contributed by atoms with van der Waals surface area (Å²) >= 11 is 2.05. The van der Waals surface area contributed by atoms with Crippen LogP contribution in [0.1, 0.15) is 18.9 Å². The lowest BCUT2D eigenvalue weighted by molar-refractivity contribution is -0.0104. The molecule has 2 saturated heterocycles. The summed E-state index contributed by atoms with van der Waals surface area (Å²) in [5.41, 5.74) is 1.41. The lowest BCUT2D eigenvalue weighted by atomic mass is 9.96. The van der Waals surface area contributed by atoms with E-state index >= 15 is 0 Å². The number of guanidine groups is 1. The largest absolute Gasteiger partial charge is 0.454 e. The molecule has 1 atom stereocenters. The number of aliphatic imine (C=N–C) groups is 1. The van der Waals surface area contributed by atoms with Gasteiger partial charge in [-0.25, -0.2) is 0 Å². The molecular formula is C21H33IN4O3S. The summed E-state index contributed by atoms with van der Waals surface area (Å²) in [6, 6.07) is 6.15. The highest BCUT2D eigenvalue weighted by molar-refractivity contribution is 14.0. The average Bonchev–Trinajstić information content (AvgIpc) is 3.42. The average molecular weight is 548 g/mol. The third-order valence-electron chi connectivity index (χ3n) is 5.78. The second-order valence-corrected chi connectivity index (χ2v) is 8.79. The second kappa shape index (κ2) is 11.6. The van der Waals surface area contributed by atoms with Crippen molar-refractivity contribution in [1.29, 1.82) is 0 Å². The smallest absolute Gasteiger partial charge is 0.231 e. The number of nitrogens with zero attached hydrogens (tertiary/aromatic N) is 2. The van der Waals surface area contributed by atoms with Gasteiger partial charge in [0.05, 0.1) is 25.3 Å². The molecule has 7 nitrogen and oxygen atoms in total. The van der Waals surface area contributed by atoms with Crippen molar-refractivity contribution in [3.8, 4) is 11.5 Å². The van der Waals surface area contributed by atoms with Crippen molar-refractivity contribution < 1.29 is 14.2 Å². The van der Waals surface area contributed by atoms with Crippen molar-refractivity contribution in [2.24, 2.45) is 4.99 Å². The molecule has 30 heavy (non-hydrogen) atoms. The van der Waals surface area contributed by atoms with Crippen LogP contribution in [0.3, 0.4) is 0 Å². The maximum atomic E-state index is 5.57. The monoisotopic (exact) mass is 548 g/mol. The van der Waals surface area contributed by atoms with Crippen LogP contribution in [0.4, 0.5) is 0 Å². The number of hydrogen-bond acceptors (Lipinski definition) is 6. The zero-order chi connectivity index (χ0) is 19.9. The molecule has 9 heteroatoms. The number of benzene rings is 1. The van der Waals surface area contributed by atoms with Crippen LogP contribution in [0.15, 0.2) is 23.2 Å². The van der Waals surface area contributed by atoms with Crippen LogP contribution in [0, 0.1) is 0 Å². The summed E-state index contributed by atoms with van der Waals surface area (Å²) in [4.78, 5) is 7.59. The summed E-state index contributed by atoms with van der Waals surface area (Å²) in [7, 11) is 0. The summed E-state index contributed by atoms with van der Waals surface area (Å²) in [6.45, 7) is 8.65. The van der Waals surface area contributed by atoms with E-state index in [1.807, 2.05) is 17.8 Å². The third-order valence-corrected chi connectivity index (χ3v) is 7.02. The molecule has 2 N–H and O–H groups in total. The zero-order valence-corrected chi connectivity index (χ0v) is 20.8. The molecule has 0 spiro atoms. The number of nitrogens with one attached hydrogen (secondary N) is 2. The first kappa shape index (κ1) is 23.7. The predicted molar refractivity (Wildman–Crippen MR) is 133 cm³/mol. The van der Waals surface area contributed by atoms with E-state index in [1.165, 1.54) is 17.7 Å². The Hall–Kier alpha value is -0.910. The molecule has 3 heterocycles. The molecule has 3 aliphatic rings. The SMILES string of the molecule is CCNC(=NCC1(N2CCOCC2)CCSC1)NCCc1ccc2c(c1)OCO2.I. The van der Waals surface area contributed by atoms with E-state index in [1.54, 1.807) is 0 Å². The van der Waals surface area contributed by atoms with Gasteiger partial charge in [0.15, 0.2) is 17.5 Å². The van der Waals surface area contributed by atoms with E-state index in [2.05, 4.69) is 34.6 Å². The van der Waals surface area contributed by atoms with Crippen LogP contribution in [0.25, 0.3) is 0 Å². The van der Waals surface area contributed by atoms with Gasteiger partial charge in [-0.1, -0.05) is 6.07 Å². The summed E-state index contributed by atoms with van der Waals surface area (Å²) in [6.07, 6.45) is 2.11. The molecule has 0 bridgehead atoms. The lowest BCUT2D eigenvalue weighted by Crippen LogP contribution is -2.56. The Balaban J connectivity index is 0.00000256. The summed E-state index contributed by atoms with van der Waals surface area (Å²) in [5, 5.41) is 6.90. The molecule has 3 aliphatic heterocycles. The van der Waals surface area contributed by atoms with Gasteiger partial charge in [-0.05, 0) is 43.2 Å². The molecular weight excluding hydrogens is 515 g/mol. The summed E-state index contributed by atoms with van der Waals surface area (Å²) < 4.78 is 16.4. The predicted octanol–water partition coefficient (Wildman–Crippen LogP) is 2.34. The van der Waals surface area contributed by atoms with E-state index in [0.717, 1.165) is 75.6 Å². The number of ether oxygens (including phenoxy) is 3. The quantitative estimate of drug-likeness (QED) is 0.308. The Bertz CT molecular complexity index is 709. The van der Waals surface area contributed by atoms with Crippen molar-refractivity contribution in [1.82, 2.24) is 15.5 Å². The molecule has 0 aromatic heterocycles. The molecule has 0 amide bonds. The highest BCUT2D eigenvalue weighted by atomic mass is 127. The summed E-state index contributed by atoms with van der Waals surface area (Å²) in [5.74, 6) is 4.96. The zero-order valence-electron chi connectivity index (χ0n) is 17.7. The van der Waals surface area contributed by atoms with Gasteiger partial charge in [0.2, 0.25) is 6.79 Å². The maximum absolute atomic E-state index is 5.57. The molecule has 2 fully saturated rings. The Kier molecular flexibility index (Phi) is 9.21. The van der Waals surface area contributed by atoms with E-state index in [0.29, 0.717) is 6.79 Å². The molecule has 0 aliphatic carbocycles. The normalized spacial score (nSPS) is 23.8. The fourth-order valence-electron chi connectivity index (χ4n) is 4.10. The number of hydrogen-bond donors (Lipinski definition) is 2. The molecule has 1 aromatic carbocycles. The first-order valence-corrected chi connectivity index (χ1v) is 11.8. The number of halogens is 1. The van der Waals surface area contributed by atoms with Crippen molar-refractivity contribution in [2.45, 2.75) is 25.3 Å². The maximum Gasteiger partial charge on any atom is 0.231 e. The Labute approximate surface area is 200 Å². The van der Waals surface area contributed by atoms with Gasteiger partial charge in [-0.2, -0.15) is 11.8 Å². The standard InChI is InChI=1S/C21H32N4O3S.HI/c1-2-22-20(23-7-5-17-3-4-18-19(13-17)28-16-27-18)24-14-21(6-12-29-15-21)25-8-10-26-11-9-25;/h3-4,13H,2,5-12,14-16H2,1H3,(H2,22,23,24);1H. The van der Waals surface area contributed by atoms with Gasteiger partial charge in [-0.15, -0.1) is 24.0 Å². The fourth-order valence-corrected chi connectivity index (χ4v) is 5.56. The molecule has 1 aromatic rings. The highest BCUT2D eigenvalue weighted by Gasteiger charge is 2.40. The van der Waals surface area contributed by atoms with Crippen molar-refractivity contribution in [2.75, 3.05) is 64.2 Å². The first-order chi connectivity index (χ1) is 14.3. The van der Waals surface area contributed by atoms with Crippen molar-refractivity contribution >= 4 is 41.7 Å². The molecule has 168 valence electrons. The van der Waals surface area contributed by atoms with Crippen LogP contribution in [0.5, 0.6) is 11.5 Å². The van der Waals surface area contributed by atoms with Gasteiger partial charge in [0.1, 0.15) is 0 Å². The first-order valence-electron chi connectivity index (χ1n) is 10.6. The Morgan fingerprint density at radius 2 is 2.03 bits per heavy atom. The van der Waals surface area contributed by atoms with Gasteiger partial charge < -0.3 is 24.8 Å². The minimum atomic E-state index is 0. The third kappa shape index (κ3) is 5.86. The van der Waals surface area contributed by atoms with Crippen LogP contribution in [-0.2, 0) is 11.2 Å². The Morgan fingerprint density at radius 3 is 2.80 bits per heavy atom. The fraction of sp³-hybridized carbons (Fsp3) is 0.667. The molecule has 0 saturated carbocycles. The topological polar surface area (TPSA) is 67.4 Å². The molecule has 1 unspecified atom stereocenters. The van der Waals surface area contributed by atoms with Crippen molar-refractivity contribution in [3.05, 3.63) is 23.8 Å². The van der Waals surface area contributed by atoms with E-state index in [9.17, 15) is 0 Å². The number of rotatable bonds is 7. The van der Waals surface area contributed by atoms with E-state index < -0.39 is 0 Å².